The Balaban J connectivity index is 2.20. The number of ether oxygens (including phenoxy) is 1. The van der Waals surface area contributed by atoms with Crippen molar-refractivity contribution >= 4 is 11.7 Å². The highest BCUT2D eigenvalue weighted by Crippen LogP contribution is 2.24. The summed E-state index contributed by atoms with van der Waals surface area (Å²) in [6, 6.07) is 6.93. The molecule has 0 aliphatic heterocycles. The van der Waals surface area contributed by atoms with Crippen LogP contribution in [0, 0.1) is 11.6 Å². The van der Waals surface area contributed by atoms with Crippen LogP contribution in [0.1, 0.15) is 15.9 Å². The summed E-state index contributed by atoms with van der Waals surface area (Å²) in [5.74, 6) is -2.23. The molecule has 2 rings (SSSR count). The smallest absolute Gasteiger partial charge is 0.335 e. The topological polar surface area (TPSA) is 72.6 Å². The van der Waals surface area contributed by atoms with Crippen molar-refractivity contribution in [3.05, 3.63) is 59.2 Å². The largest absolute Gasteiger partial charge is 0.487 e. The van der Waals surface area contributed by atoms with E-state index in [1.165, 1.54) is 18.2 Å². The van der Waals surface area contributed by atoms with Gasteiger partial charge in [-0.15, -0.1) is 0 Å². The van der Waals surface area contributed by atoms with Crippen molar-refractivity contribution in [2.24, 2.45) is 0 Å². The second-order valence-corrected chi connectivity index (χ2v) is 4.08. The first-order valence-corrected chi connectivity index (χ1v) is 5.67. The number of anilines is 1. The highest BCUT2D eigenvalue weighted by Gasteiger charge is 2.10. The lowest BCUT2D eigenvalue weighted by atomic mass is 10.2. The summed E-state index contributed by atoms with van der Waals surface area (Å²) in [7, 11) is 0. The van der Waals surface area contributed by atoms with Gasteiger partial charge < -0.3 is 15.6 Å². The first-order valence-electron chi connectivity index (χ1n) is 5.67. The van der Waals surface area contributed by atoms with Crippen LogP contribution in [0.4, 0.5) is 14.5 Å². The number of carbonyl (C=O) groups is 1. The normalized spacial score (nSPS) is 10.3. The number of benzene rings is 2. The van der Waals surface area contributed by atoms with E-state index in [9.17, 15) is 13.6 Å². The molecule has 0 heterocycles. The maximum absolute atomic E-state index is 13.4. The molecule has 20 heavy (non-hydrogen) atoms. The summed E-state index contributed by atoms with van der Waals surface area (Å²) in [5.41, 5.74) is 5.86. The van der Waals surface area contributed by atoms with Gasteiger partial charge in [-0.25, -0.2) is 13.6 Å². The van der Waals surface area contributed by atoms with E-state index in [0.29, 0.717) is 0 Å². The average Bonchev–Trinajstić information content (AvgIpc) is 2.41. The molecule has 0 saturated carbocycles. The van der Waals surface area contributed by atoms with Crippen molar-refractivity contribution in [2.75, 3.05) is 5.73 Å². The highest BCUT2D eigenvalue weighted by atomic mass is 19.1. The van der Waals surface area contributed by atoms with Gasteiger partial charge in [-0.1, -0.05) is 0 Å². The predicted octanol–water partition coefficient (Wildman–Crippen LogP) is 2.82. The number of nitrogen functional groups attached to an aromatic ring is 1. The standard InChI is InChI=1S/C14H11F2NO3/c15-10-2-3-11(16)9(5-10)7-20-13-6-8(14(18)19)1-4-12(13)17/h1-6H,7,17H2,(H,18,19). The van der Waals surface area contributed by atoms with Crippen LogP contribution in [0.15, 0.2) is 36.4 Å². The van der Waals surface area contributed by atoms with Gasteiger partial charge in [0.05, 0.1) is 11.3 Å². The number of aromatic carboxylic acids is 1. The number of hydrogen-bond donors (Lipinski definition) is 2. The Kier molecular flexibility index (Phi) is 3.84. The van der Waals surface area contributed by atoms with Crippen LogP contribution in [0.2, 0.25) is 0 Å². The van der Waals surface area contributed by atoms with Crippen molar-refractivity contribution in [3.8, 4) is 5.75 Å². The zero-order valence-electron chi connectivity index (χ0n) is 10.3. The summed E-state index contributed by atoms with van der Waals surface area (Å²) in [6.07, 6.45) is 0. The molecule has 0 aliphatic carbocycles. The van der Waals surface area contributed by atoms with Crippen molar-refractivity contribution in [1.82, 2.24) is 0 Å². The number of carboxylic acid groups (broad SMARTS) is 1. The van der Waals surface area contributed by atoms with Crippen LogP contribution >= 0.6 is 0 Å². The molecule has 2 aromatic rings. The average molecular weight is 279 g/mol. The van der Waals surface area contributed by atoms with Crippen LogP contribution in [0.25, 0.3) is 0 Å². The number of rotatable bonds is 4. The van der Waals surface area contributed by atoms with Gasteiger partial charge >= 0.3 is 5.97 Å². The first kappa shape index (κ1) is 13.8. The lowest BCUT2D eigenvalue weighted by Gasteiger charge is -2.10. The van der Waals surface area contributed by atoms with E-state index >= 15 is 0 Å². The summed E-state index contributed by atoms with van der Waals surface area (Å²) in [6.45, 7) is -0.253. The summed E-state index contributed by atoms with van der Waals surface area (Å²) in [4.78, 5) is 10.8. The molecule has 0 unspecified atom stereocenters. The van der Waals surface area contributed by atoms with E-state index in [-0.39, 0.29) is 29.2 Å². The van der Waals surface area contributed by atoms with Crippen LogP contribution in [0.3, 0.4) is 0 Å². The minimum atomic E-state index is -1.13. The number of carboxylic acids is 1. The molecule has 0 aliphatic rings. The second-order valence-electron chi connectivity index (χ2n) is 4.08. The van der Waals surface area contributed by atoms with E-state index in [2.05, 4.69) is 0 Å². The molecule has 6 heteroatoms. The Morgan fingerprint density at radius 1 is 1.20 bits per heavy atom. The zero-order chi connectivity index (χ0) is 14.7. The quantitative estimate of drug-likeness (QED) is 0.844. The fourth-order valence-corrected chi connectivity index (χ4v) is 1.60. The van der Waals surface area contributed by atoms with Crippen molar-refractivity contribution in [1.29, 1.82) is 0 Å². The summed E-state index contributed by atoms with van der Waals surface area (Å²) in [5, 5.41) is 8.86. The van der Waals surface area contributed by atoms with Crippen LogP contribution in [0.5, 0.6) is 5.75 Å². The molecule has 0 fully saturated rings. The van der Waals surface area contributed by atoms with Gasteiger partial charge in [0, 0.05) is 5.56 Å². The van der Waals surface area contributed by atoms with Gasteiger partial charge in [-0.2, -0.15) is 0 Å². The molecule has 4 nitrogen and oxygen atoms in total. The fraction of sp³-hybridized carbons (Fsp3) is 0.0714. The minimum absolute atomic E-state index is 0.00564. The summed E-state index contributed by atoms with van der Waals surface area (Å²) >= 11 is 0. The minimum Gasteiger partial charge on any atom is -0.487 e. The van der Waals surface area contributed by atoms with Gasteiger partial charge in [0.2, 0.25) is 0 Å². The molecule has 104 valence electrons. The Labute approximate surface area is 113 Å². The van der Waals surface area contributed by atoms with Gasteiger partial charge in [0.15, 0.2) is 0 Å². The van der Waals surface area contributed by atoms with E-state index < -0.39 is 17.6 Å². The van der Waals surface area contributed by atoms with Gasteiger partial charge in [-0.3, -0.25) is 0 Å². The Hall–Kier alpha value is -2.63. The van der Waals surface area contributed by atoms with Crippen LogP contribution in [-0.2, 0) is 6.61 Å². The molecule has 0 atom stereocenters. The molecule has 0 radical (unpaired) electrons. The van der Waals surface area contributed by atoms with Crippen LogP contribution < -0.4 is 10.5 Å². The van der Waals surface area contributed by atoms with Crippen molar-refractivity contribution in [2.45, 2.75) is 6.61 Å². The third kappa shape index (κ3) is 3.03. The maximum atomic E-state index is 13.4. The monoisotopic (exact) mass is 279 g/mol. The molecule has 2 aromatic carbocycles. The number of halogens is 2. The van der Waals surface area contributed by atoms with Crippen molar-refractivity contribution in [3.63, 3.8) is 0 Å². The Morgan fingerprint density at radius 2 is 1.95 bits per heavy atom. The lowest BCUT2D eigenvalue weighted by molar-refractivity contribution is 0.0696. The molecule has 0 aromatic heterocycles. The first-order chi connectivity index (χ1) is 9.47. The van der Waals surface area contributed by atoms with E-state index in [0.717, 1.165) is 18.2 Å². The van der Waals surface area contributed by atoms with Gasteiger partial charge in [-0.05, 0) is 36.4 Å². The predicted molar refractivity (Wildman–Crippen MR) is 68.5 cm³/mol. The Morgan fingerprint density at radius 3 is 2.65 bits per heavy atom. The molecule has 0 amide bonds. The Bertz CT molecular complexity index is 659. The van der Waals surface area contributed by atoms with Crippen LogP contribution in [-0.4, -0.2) is 11.1 Å². The zero-order valence-corrected chi connectivity index (χ0v) is 10.3. The third-order valence-electron chi connectivity index (χ3n) is 2.65. The van der Waals surface area contributed by atoms with E-state index in [4.69, 9.17) is 15.6 Å². The van der Waals surface area contributed by atoms with Gasteiger partial charge in [0.25, 0.3) is 0 Å². The van der Waals surface area contributed by atoms with E-state index in [1.807, 2.05) is 0 Å². The number of nitrogens with two attached hydrogens (primary N) is 1. The molecule has 0 bridgehead atoms. The third-order valence-corrected chi connectivity index (χ3v) is 2.65. The second kappa shape index (κ2) is 5.56. The number of hydrogen-bond acceptors (Lipinski definition) is 3. The molecule has 0 saturated heterocycles. The lowest BCUT2D eigenvalue weighted by Crippen LogP contribution is -2.03. The maximum Gasteiger partial charge on any atom is 0.335 e. The SMILES string of the molecule is Nc1ccc(C(=O)O)cc1OCc1cc(F)ccc1F. The molecule has 0 spiro atoms. The van der Waals surface area contributed by atoms with Crippen molar-refractivity contribution < 1.29 is 23.4 Å². The molecule has 3 N–H and O–H groups in total. The summed E-state index contributed by atoms with van der Waals surface area (Å²) < 4.78 is 31.7. The van der Waals surface area contributed by atoms with E-state index in [1.54, 1.807) is 0 Å². The fourth-order valence-electron chi connectivity index (χ4n) is 1.60. The highest BCUT2D eigenvalue weighted by molar-refractivity contribution is 5.89. The van der Waals surface area contributed by atoms with Gasteiger partial charge in [0.1, 0.15) is 24.0 Å². The molecular weight excluding hydrogens is 268 g/mol. The molecular formula is C14H11F2NO3.